The van der Waals surface area contributed by atoms with Gasteiger partial charge in [-0.3, -0.25) is 0 Å². The van der Waals surface area contributed by atoms with E-state index in [1.807, 2.05) is 12.1 Å². The van der Waals surface area contributed by atoms with Gasteiger partial charge in [-0.05, 0) is 18.6 Å². The monoisotopic (exact) mass is 210 g/mol. The third kappa shape index (κ3) is 4.06. The van der Waals surface area contributed by atoms with Gasteiger partial charge in [0.2, 0.25) is 0 Å². The van der Waals surface area contributed by atoms with Crippen molar-refractivity contribution in [1.29, 1.82) is 0 Å². The first-order valence-electron chi connectivity index (χ1n) is 5.25. The highest BCUT2D eigenvalue weighted by molar-refractivity contribution is 5.73. The van der Waals surface area contributed by atoms with E-state index in [0.717, 1.165) is 25.1 Å². The van der Waals surface area contributed by atoms with Crippen LogP contribution in [0, 0.1) is 0 Å². The highest BCUT2D eigenvalue weighted by atomic mass is 16.3. The number of nitrogens with zero attached hydrogens (tertiary/aromatic N) is 1. The number of urea groups is 1. The summed E-state index contributed by atoms with van der Waals surface area (Å²) in [6, 6.07) is 3.59. The molecule has 0 spiro atoms. The van der Waals surface area contributed by atoms with E-state index in [1.54, 1.807) is 18.2 Å². The predicted octanol–water partition coefficient (Wildman–Crippen LogP) is 2.22. The molecule has 0 atom stereocenters. The quantitative estimate of drug-likeness (QED) is 0.810. The van der Waals surface area contributed by atoms with Crippen LogP contribution in [0.5, 0.6) is 0 Å². The summed E-state index contributed by atoms with van der Waals surface area (Å²) in [6.45, 7) is 3.34. The van der Waals surface area contributed by atoms with Crippen LogP contribution < -0.4 is 5.32 Å². The molecule has 1 N–H and O–H groups in total. The van der Waals surface area contributed by atoms with Gasteiger partial charge in [-0.2, -0.15) is 0 Å². The number of hydrogen-bond donors (Lipinski definition) is 1. The molecule has 0 aliphatic rings. The average molecular weight is 210 g/mol. The average Bonchev–Trinajstić information content (AvgIpc) is 2.75. The smallest absolute Gasteiger partial charge is 0.317 e. The van der Waals surface area contributed by atoms with Gasteiger partial charge in [-0.1, -0.05) is 13.3 Å². The van der Waals surface area contributed by atoms with Crippen molar-refractivity contribution in [2.45, 2.75) is 26.3 Å². The molecule has 0 bridgehead atoms. The second-order valence-corrected chi connectivity index (χ2v) is 3.51. The molecular formula is C11H18N2O2. The first-order chi connectivity index (χ1) is 7.24. The zero-order chi connectivity index (χ0) is 11.1. The Morgan fingerprint density at radius 2 is 2.40 bits per heavy atom. The van der Waals surface area contributed by atoms with Gasteiger partial charge in [-0.25, -0.2) is 4.79 Å². The summed E-state index contributed by atoms with van der Waals surface area (Å²) >= 11 is 0. The fourth-order valence-corrected chi connectivity index (χ4v) is 1.21. The number of carbonyl (C=O) groups is 1. The zero-order valence-electron chi connectivity index (χ0n) is 9.32. The van der Waals surface area contributed by atoms with Crippen LogP contribution in [0.15, 0.2) is 22.8 Å². The Labute approximate surface area is 90.3 Å². The number of carbonyl (C=O) groups excluding carboxylic acids is 1. The predicted molar refractivity (Wildman–Crippen MR) is 58.5 cm³/mol. The molecule has 4 heteroatoms. The van der Waals surface area contributed by atoms with Gasteiger partial charge in [0.15, 0.2) is 0 Å². The van der Waals surface area contributed by atoms with E-state index in [0.29, 0.717) is 6.54 Å². The SMILES string of the molecule is CCCCN(C)C(=O)NCc1ccco1. The molecule has 1 aromatic heterocycles. The van der Waals surface area contributed by atoms with Gasteiger partial charge in [-0.15, -0.1) is 0 Å². The topological polar surface area (TPSA) is 45.5 Å². The minimum absolute atomic E-state index is 0.0557. The first kappa shape index (κ1) is 11.6. The lowest BCUT2D eigenvalue weighted by Gasteiger charge is -2.16. The maximum atomic E-state index is 11.5. The molecule has 2 amide bonds. The van der Waals surface area contributed by atoms with Crippen molar-refractivity contribution >= 4 is 6.03 Å². The Morgan fingerprint density at radius 1 is 1.60 bits per heavy atom. The van der Waals surface area contributed by atoms with E-state index >= 15 is 0 Å². The third-order valence-corrected chi connectivity index (χ3v) is 2.19. The number of rotatable bonds is 5. The molecule has 15 heavy (non-hydrogen) atoms. The lowest BCUT2D eigenvalue weighted by atomic mass is 10.3. The summed E-state index contributed by atoms with van der Waals surface area (Å²) in [5, 5.41) is 2.79. The van der Waals surface area contributed by atoms with Crippen LogP contribution in [0.2, 0.25) is 0 Å². The van der Waals surface area contributed by atoms with Crippen LogP contribution in [0.3, 0.4) is 0 Å². The van der Waals surface area contributed by atoms with Gasteiger partial charge >= 0.3 is 6.03 Å². The molecule has 0 fully saturated rings. The maximum absolute atomic E-state index is 11.5. The molecule has 0 saturated carbocycles. The standard InChI is InChI=1S/C11H18N2O2/c1-3-4-7-13(2)11(14)12-9-10-6-5-8-15-10/h5-6,8H,3-4,7,9H2,1-2H3,(H,12,14). The molecule has 84 valence electrons. The molecule has 0 aliphatic heterocycles. The Bertz CT molecular complexity index is 283. The molecule has 0 radical (unpaired) electrons. The summed E-state index contributed by atoms with van der Waals surface area (Å²) in [5.41, 5.74) is 0. The van der Waals surface area contributed by atoms with Crippen LogP contribution in [0.1, 0.15) is 25.5 Å². The Hall–Kier alpha value is -1.45. The van der Waals surface area contributed by atoms with Crippen molar-refractivity contribution in [3.8, 4) is 0 Å². The van der Waals surface area contributed by atoms with Crippen molar-refractivity contribution in [1.82, 2.24) is 10.2 Å². The van der Waals surface area contributed by atoms with Crippen molar-refractivity contribution < 1.29 is 9.21 Å². The van der Waals surface area contributed by atoms with E-state index in [4.69, 9.17) is 4.42 Å². The molecule has 0 aromatic carbocycles. The van der Waals surface area contributed by atoms with Crippen LogP contribution in [0.25, 0.3) is 0 Å². The number of amides is 2. The molecule has 0 aliphatic carbocycles. The van der Waals surface area contributed by atoms with Gasteiger partial charge in [0.05, 0.1) is 12.8 Å². The van der Waals surface area contributed by atoms with Crippen LogP contribution >= 0.6 is 0 Å². The summed E-state index contributed by atoms with van der Waals surface area (Å²) in [7, 11) is 1.80. The largest absolute Gasteiger partial charge is 0.467 e. The van der Waals surface area contributed by atoms with Crippen molar-refractivity contribution in [2.75, 3.05) is 13.6 Å². The molecule has 1 aromatic rings. The summed E-state index contributed by atoms with van der Waals surface area (Å²) in [5.74, 6) is 0.771. The molecule has 1 rings (SSSR count). The minimum Gasteiger partial charge on any atom is -0.467 e. The maximum Gasteiger partial charge on any atom is 0.317 e. The molecule has 4 nitrogen and oxygen atoms in total. The lowest BCUT2D eigenvalue weighted by Crippen LogP contribution is -2.37. The van der Waals surface area contributed by atoms with E-state index in [-0.39, 0.29) is 6.03 Å². The molecule has 0 saturated heterocycles. The summed E-state index contributed by atoms with van der Waals surface area (Å²) < 4.78 is 5.11. The lowest BCUT2D eigenvalue weighted by molar-refractivity contribution is 0.207. The van der Waals surface area contributed by atoms with Crippen LogP contribution in [-0.4, -0.2) is 24.5 Å². The van der Waals surface area contributed by atoms with Crippen LogP contribution in [-0.2, 0) is 6.54 Å². The Morgan fingerprint density at radius 3 is 3.00 bits per heavy atom. The summed E-state index contributed by atoms with van der Waals surface area (Å²) in [4.78, 5) is 13.2. The van der Waals surface area contributed by atoms with Gasteiger partial charge in [0.1, 0.15) is 5.76 Å². The van der Waals surface area contributed by atoms with E-state index in [9.17, 15) is 4.79 Å². The Kier molecular flexibility index (Phi) is 4.74. The number of hydrogen-bond acceptors (Lipinski definition) is 2. The summed E-state index contributed by atoms with van der Waals surface area (Å²) in [6.07, 6.45) is 3.72. The van der Waals surface area contributed by atoms with Gasteiger partial charge in [0, 0.05) is 13.6 Å². The normalized spacial score (nSPS) is 10.0. The van der Waals surface area contributed by atoms with Crippen LogP contribution in [0.4, 0.5) is 4.79 Å². The van der Waals surface area contributed by atoms with Crippen molar-refractivity contribution in [3.63, 3.8) is 0 Å². The number of nitrogens with one attached hydrogen (secondary N) is 1. The molecular weight excluding hydrogens is 192 g/mol. The number of furan rings is 1. The second-order valence-electron chi connectivity index (χ2n) is 3.51. The highest BCUT2D eigenvalue weighted by Crippen LogP contribution is 1.99. The zero-order valence-corrected chi connectivity index (χ0v) is 9.32. The molecule has 0 unspecified atom stereocenters. The Balaban J connectivity index is 2.23. The van der Waals surface area contributed by atoms with E-state index in [2.05, 4.69) is 12.2 Å². The second kappa shape index (κ2) is 6.11. The fourth-order valence-electron chi connectivity index (χ4n) is 1.21. The van der Waals surface area contributed by atoms with E-state index in [1.165, 1.54) is 0 Å². The third-order valence-electron chi connectivity index (χ3n) is 2.19. The van der Waals surface area contributed by atoms with E-state index < -0.39 is 0 Å². The van der Waals surface area contributed by atoms with Crippen molar-refractivity contribution in [3.05, 3.63) is 24.2 Å². The minimum atomic E-state index is -0.0557. The van der Waals surface area contributed by atoms with Crippen molar-refractivity contribution in [2.24, 2.45) is 0 Å². The van der Waals surface area contributed by atoms with Gasteiger partial charge in [0.25, 0.3) is 0 Å². The fraction of sp³-hybridized carbons (Fsp3) is 0.545. The number of unbranched alkanes of at least 4 members (excludes halogenated alkanes) is 1. The highest BCUT2D eigenvalue weighted by Gasteiger charge is 2.07. The molecule has 1 heterocycles. The van der Waals surface area contributed by atoms with Gasteiger partial charge < -0.3 is 14.6 Å². The first-order valence-corrected chi connectivity index (χ1v) is 5.25.